The van der Waals surface area contributed by atoms with Gasteiger partial charge in [-0.2, -0.15) is 0 Å². The van der Waals surface area contributed by atoms with E-state index < -0.39 is 17.2 Å². The topological polar surface area (TPSA) is 111 Å². The van der Waals surface area contributed by atoms with Crippen molar-refractivity contribution in [1.82, 2.24) is 15.5 Å². The van der Waals surface area contributed by atoms with Crippen LogP contribution in [0.5, 0.6) is 0 Å². The Hall–Kier alpha value is -2.42. The largest absolute Gasteiger partial charge is 0.411 e. The van der Waals surface area contributed by atoms with Crippen LogP contribution in [0.2, 0.25) is 0 Å². The maximum absolute atomic E-state index is 12.8. The summed E-state index contributed by atoms with van der Waals surface area (Å²) in [5.41, 5.74) is 5.41. The van der Waals surface area contributed by atoms with E-state index in [-0.39, 0.29) is 16.9 Å². The first kappa shape index (κ1) is 15.0. The number of nitrogens with zero attached hydrogens (tertiary/aromatic N) is 2. The van der Waals surface area contributed by atoms with Gasteiger partial charge in [-0.25, -0.2) is 9.18 Å². The second-order valence-electron chi connectivity index (χ2n) is 3.99. The van der Waals surface area contributed by atoms with Crippen LogP contribution in [0.25, 0.3) is 11.5 Å². The molecule has 7 nitrogen and oxygen atoms in total. The van der Waals surface area contributed by atoms with E-state index in [9.17, 15) is 14.0 Å². The molecule has 0 unspecified atom stereocenters. The monoisotopic (exact) mass is 310 g/mol. The third kappa shape index (κ3) is 4.02. The third-order valence-electron chi connectivity index (χ3n) is 2.39. The van der Waals surface area contributed by atoms with Crippen LogP contribution in [0.3, 0.4) is 0 Å². The minimum absolute atomic E-state index is 0.154. The van der Waals surface area contributed by atoms with Crippen molar-refractivity contribution in [2.75, 3.05) is 0 Å². The van der Waals surface area contributed by atoms with Gasteiger partial charge in [0.25, 0.3) is 5.22 Å². The van der Waals surface area contributed by atoms with Gasteiger partial charge in [-0.3, -0.25) is 10.1 Å². The van der Waals surface area contributed by atoms with Gasteiger partial charge in [0.15, 0.2) is 0 Å². The Balaban J connectivity index is 2.04. The lowest BCUT2D eigenvalue weighted by Crippen LogP contribution is -2.39. The van der Waals surface area contributed by atoms with Gasteiger partial charge in [-0.15, -0.1) is 10.2 Å². The van der Waals surface area contributed by atoms with Gasteiger partial charge >= 0.3 is 6.03 Å². The molecule has 0 aliphatic heterocycles. The fraction of sp³-hybridized carbons (Fsp3) is 0.167. The Bertz CT molecular complexity index is 659. The van der Waals surface area contributed by atoms with Gasteiger partial charge in [0.2, 0.25) is 11.8 Å². The molecule has 9 heteroatoms. The zero-order valence-corrected chi connectivity index (χ0v) is 11.7. The second-order valence-corrected chi connectivity index (χ2v) is 5.29. The van der Waals surface area contributed by atoms with Crippen LogP contribution in [-0.2, 0) is 4.79 Å². The number of thioether (sulfide) groups is 1. The Morgan fingerprint density at radius 1 is 1.33 bits per heavy atom. The smallest absolute Gasteiger partial charge is 0.318 e. The molecular weight excluding hydrogens is 299 g/mol. The number of nitrogens with one attached hydrogen (secondary N) is 1. The average Bonchev–Trinajstić information content (AvgIpc) is 2.87. The Kier molecular flexibility index (Phi) is 4.53. The van der Waals surface area contributed by atoms with Crippen molar-refractivity contribution in [3.05, 3.63) is 30.1 Å². The highest BCUT2D eigenvalue weighted by Crippen LogP contribution is 2.26. The molecule has 1 atom stereocenters. The summed E-state index contributed by atoms with van der Waals surface area (Å²) in [6.07, 6.45) is 0. The van der Waals surface area contributed by atoms with E-state index in [0.717, 1.165) is 11.8 Å². The molecule has 2 rings (SSSR count). The molecule has 0 radical (unpaired) electrons. The lowest BCUT2D eigenvalue weighted by atomic mass is 10.2. The van der Waals surface area contributed by atoms with Crippen LogP contribution in [0.15, 0.2) is 33.9 Å². The van der Waals surface area contributed by atoms with Gasteiger partial charge in [0.1, 0.15) is 5.82 Å². The SMILES string of the molecule is C[C@@H](Sc1nnc(-c2ccc(F)cc2)o1)C(=O)NC(N)=O. The lowest BCUT2D eigenvalue weighted by molar-refractivity contribution is -0.119. The van der Waals surface area contributed by atoms with Gasteiger partial charge in [-0.05, 0) is 31.2 Å². The maximum Gasteiger partial charge on any atom is 0.318 e. The number of hydrogen-bond donors (Lipinski definition) is 2. The highest BCUT2D eigenvalue weighted by Gasteiger charge is 2.19. The zero-order valence-electron chi connectivity index (χ0n) is 10.9. The summed E-state index contributed by atoms with van der Waals surface area (Å²) in [5, 5.41) is 9.05. The predicted molar refractivity (Wildman–Crippen MR) is 72.7 cm³/mol. The fourth-order valence-electron chi connectivity index (χ4n) is 1.39. The first-order chi connectivity index (χ1) is 9.95. The van der Waals surface area contributed by atoms with Crippen molar-refractivity contribution < 1.29 is 18.4 Å². The summed E-state index contributed by atoms with van der Waals surface area (Å²) in [6, 6.07) is 4.62. The van der Waals surface area contributed by atoms with Gasteiger partial charge < -0.3 is 10.2 Å². The van der Waals surface area contributed by atoms with E-state index in [1.165, 1.54) is 24.3 Å². The van der Waals surface area contributed by atoms with Crippen LogP contribution >= 0.6 is 11.8 Å². The molecule has 0 aliphatic carbocycles. The predicted octanol–water partition coefficient (Wildman–Crippen LogP) is 1.55. The molecule has 0 bridgehead atoms. The fourth-order valence-corrected chi connectivity index (χ4v) is 2.08. The van der Waals surface area contributed by atoms with Crippen molar-refractivity contribution in [3.63, 3.8) is 0 Å². The number of aromatic nitrogens is 2. The molecule has 1 aromatic heterocycles. The van der Waals surface area contributed by atoms with Crippen LogP contribution in [0.4, 0.5) is 9.18 Å². The summed E-state index contributed by atoms with van der Waals surface area (Å²) in [7, 11) is 0. The molecule has 0 saturated heterocycles. The first-order valence-electron chi connectivity index (χ1n) is 5.82. The highest BCUT2D eigenvalue weighted by atomic mass is 32.2. The Morgan fingerprint density at radius 3 is 2.62 bits per heavy atom. The van der Waals surface area contributed by atoms with Crippen LogP contribution in [0, 0.1) is 5.82 Å². The second kappa shape index (κ2) is 6.35. The maximum atomic E-state index is 12.8. The van der Waals surface area contributed by atoms with Crippen molar-refractivity contribution in [3.8, 4) is 11.5 Å². The number of carbonyl (C=O) groups excluding carboxylic acids is 2. The average molecular weight is 310 g/mol. The number of amides is 3. The number of urea groups is 1. The molecular formula is C12H11FN4O3S. The van der Waals surface area contributed by atoms with Crippen molar-refractivity contribution >= 4 is 23.7 Å². The Labute approximate surface area is 123 Å². The molecule has 3 amide bonds. The van der Waals surface area contributed by atoms with Gasteiger partial charge in [-0.1, -0.05) is 11.8 Å². The quantitative estimate of drug-likeness (QED) is 0.829. The molecule has 3 N–H and O–H groups in total. The summed E-state index contributed by atoms with van der Waals surface area (Å²) < 4.78 is 18.2. The third-order valence-corrected chi connectivity index (χ3v) is 3.33. The van der Waals surface area contributed by atoms with E-state index >= 15 is 0 Å². The molecule has 0 aliphatic rings. The van der Waals surface area contributed by atoms with E-state index in [1.807, 2.05) is 5.32 Å². The number of hydrogen-bond acceptors (Lipinski definition) is 6. The number of imide groups is 1. The van der Waals surface area contributed by atoms with Gasteiger partial charge in [0.05, 0.1) is 5.25 Å². The molecule has 0 fully saturated rings. The Morgan fingerprint density at radius 2 is 2.00 bits per heavy atom. The zero-order chi connectivity index (χ0) is 15.4. The summed E-state index contributed by atoms with van der Waals surface area (Å²) >= 11 is 0.978. The van der Waals surface area contributed by atoms with E-state index in [2.05, 4.69) is 10.2 Å². The van der Waals surface area contributed by atoms with E-state index in [4.69, 9.17) is 10.2 Å². The minimum atomic E-state index is -0.926. The molecule has 0 saturated carbocycles. The number of halogens is 1. The van der Waals surface area contributed by atoms with E-state index in [0.29, 0.717) is 5.56 Å². The van der Waals surface area contributed by atoms with Crippen LogP contribution in [-0.4, -0.2) is 27.4 Å². The van der Waals surface area contributed by atoms with Crippen LogP contribution in [0.1, 0.15) is 6.92 Å². The van der Waals surface area contributed by atoms with Crippen LogP contribution < -0.4 is 11.1 Å². The number of nitrogens with two attached hydrogens (primary N) is 1. The number of benzene rings is 1. The first-order valence-corrected chi connectivity index (χ1v) is 6.70. The number of rotatable bonds is 4. The molecule has 1 heterocycles. The summed E-state index contributed by atoms with van der Waals surface area (Å²) in [6.45, 7) is 1.56. The number of primary amides is 1. The van der Waals surface area contributed by atoms with E-state index in [1.54, 1.807) is 6.92 Å². The highest BCUT2D eigenvalue weighted by molar-refractivity contribution is 8.00. The normalized spacial score (nSPS) is 11.9. The molecule has 110 valence electrons. The van der Waals surface area contributed by atoms with Gasteiger partial charge in [0, 0.05) is 5.56 Å². The van der Waals surface area contributed by atoms with Crippen molar-refractivity contribution in [1.29, 1.82) is 0 Å². The minimum Gasteiger partial charge on any atom is -0.411 e. The van der Waals surface area contributed by atoms with Crippen molar-refractivity contribution in [2.45, 2.75) is 17.4 Å². The summed E-state index contributed by atoms with van der Waals surface area (Å²) in [5.74, 6) is -0.723. The van der Waals surface area contributed by atoms with Crippen molar-refractivity contribution in [2.24, 2.45) is 5.73 Å². The lowest BCUT2D eigenvalue weighted by Gasteiger charge is -2.06. The molecule has 1 aromatic carbocycles. The molecule has 0 spiro atoms. The number of carbonyl (C=O) groups is 2. The standard InChI is InChI=1S/C12H11FN4O3S/c1-6(9(18)15-11(14)19)21-12-17-16-10(20-12)7-2-4-8(13)5-3-7/h2-6H,1H3,(H3,14,15,18,19)/t6-/m1/s1. The summed E-state index contributed by atoms with van der Waals surface area (Å²) in [4.78, 5) is 22.1. The molecule has 21 heavy (non-hydrogen) atoms. The molecule has 2 aromatic rings.